The molecule has 0 aromatic heterocycles. The maximum atomic E-state index is 13.1. The lowest BCUT2D eigenvalue weighted by molar-refractivity contribution is 0.304. The minimum absolute atomic E-state index is 0.258. The van der Waals surface area contributed by atoms with Crippen molar-refractivity contribution in [1.82, 2.24) is 0 Å². The van der Waals surface area contributed by atoms with Gasteiger partial charge in [0.2, 0.25) is 0 Å². The quantitative estimate of drug-likeness (QED) is 0.209. The summed E-state index contributed by atoms with van der Waals surface area (Å²) in [7, 11) is 0. The van der Waals surface area contributed by atoms with Crippen molar-refractivity contribution in [1.29, 1.82) is 5.26 Å². The molecule has 5 heteroatoms. The first kappa shape index (κ1) is 21.1. The highest BCUT2D eigenvalue weighted by molar-refractivity contribution is 9.10. The fourth-order valence-electron chi connectivity index (χ4n) is 3.24. The first-order chi connectivity index (χ1) is 15.0. The molecule has 0 unspecified atom stereocenters. The molecule has 0 bridgehead atoms. The summed E-state index contributed by atoms with van der Waals surface area (Å²) in [5, 5.41) is 12.3. The van der Waals surface area contributed by atoms with Gasteiger partial charge in [-0.3, -0.25) is 0 Å². The van der Waals surface area contributed by atoms with Gasteiger partial charge in [-0.2, -0.15) is 5.26 Å². The number of benzene rings is 4. The van der Waals surface area contributed by atoms with Crippen LogP contribution in [-0.4, -0.2) is 0 Å². The van der Waals surface area contributed by atoms with Crippen molar-refractivity contribution >= 4 is 50.0 Å². The number of halogens is 3. The number of rotatable bonds is 5. The SMILES string of the molecule is N#C/C(=C/c1cc(Cl)c(OCc2ccc(F)cc2)c(Br)c1)c1ccc2ccccc2c1. The molecule has 0 saturated heterocycles. The Hall–Kier alpha value is -3.13. The molecule has 31 heavy (non-hydrogen) atoms. The average molecular weight is 493 g/mol. The van der Waals surface area contributed by atoms with Crippen LogP contribution in [0.1, 0.15) is 16.7 Å². The fourth-order valence-corrected chi connectivity index (χ4v) is 4.23. The zero-order valence-corrected chi connectivity index (χ0v) is 18.6. The van der Waals surface area contributed by atoms with Crippen LogP contribution in [0.4, 0.5) is 4.39 Å². The minimum atomic E-state index is -0.293. The molecule has 152 valence electrons. The van der Waals surface area contributed by atoms with Crippen LogP contribution in [0.3, 0.4) is 0 Å². The van der Waals surface area contributed by atoms with E-state index in [0.717, 1.165) is 27.5 Å². The molecule has 0 saturated carbocycles. The van der Waals surface area contributed by atoms with Crippen molar-refractivity contribution in [3.8, 4) is 11.8 Å². The summed E-state index contributed by atoms with van der Waals surface area (Å²) in [4.78, 5) is 0. The molecular weight excluding hydrogens is 477 g/mol. The van der Waals surface area contributed by atoms with Gasteiger partial charge >= 0.3 is 0 Å². The van der Waals surface area contributed by atoms with E-state index in [9.17, 15) is 9.65 Å². The van der Waals surface area contributed by atoms with Crippen molar-refractivity contribution < 1.29 is 9.13 Å². The lowest BCUT2D eigenvalue weighted by atomic mass is 10.00. The van der Waals surface area contributed by atoms with Crippen molar-refractivity contribution in [3.05, 3.63) is 111 Å². The molecule has 0 N–H and O–H groups in total. The standard InChI is InChI=1S/C26H16BrClFNO/c27-24-12-18(13-25(28)26(24)31-16-17-5-9-23(29)10-6-17)11-22(15-30)21-8-7-19-3-1-2-4-20(19)14-21/h1-14H,16H2/b22-11-. The van der Waals surface area contributed by atoms with Crippen molar-refractivity contribution in [2.24, 2.45) is 0 Å². The van der Waals surface area contributed by atoms with Gasteiger partial charge in [-0.25, -0.2) is 4.39 Å². The lowest BCUT2D eigenvalue weighted by Gasteiger charge is -2.11. The maximum absolute atomic E-state index is 13.1. The molecule has 2 nitrogen and oxygen atoms in total. The second kappa shape index (κ2) is 9.34. The Morgan fingerprint density at radius 3 is 2.45 bits per heavy atom. The molecule has 0 fully saturated rings. The van der Waals surface area contributed by atoms with Crippen LogP contribution in [0.5, 0.6) is 5.75 Å². The van der Waals surface area contributed by atoms with Crippen molar-refractivity contribution in [2.75, 3.05) is 0 Å². The van der Waals surface area contributed by atoms with E-state index in [1.54, 1.807) is 24.3 Å². The van der Waals surface area contributed by atoms with Gasteiger partial charge in [0.25, 0.3) is 0 Å². The summed E-state index contributed by atoms with van der Waals surface area (Å²) in [6, 6.07) is 26.0. The molecular formula is C26H16BrClFNO. The van der Waals surface area contributed by atoms with Crippen LogP contribution >= 0.6 is 27.5 Å². The number of allylic oxidation sites excluding steroid dienone is 1. The molecule has 4 rings (SSSR count). The predicted molar refractivity (Wildman–Crippen MR) is 127 cm³/mol. The molecule has 0 atom stereocenters. The maximum Gasteiger partial charge on any atom is 0.152 e. The van der Waals surface area contributed by atoms with E-state index in [1.807, 2.05) is 48.5 Å². The molecule has 0 aliphatic rings. The number of ether oxygens (including phenoxy) is 1. The van der Waals surface area contributed by atoms with E-state index in [2.05, 4.69) is 22.0 Å². The molecule has 0 amide bonds. The molecule has 4 aromatic carbocycles. The molecule has 0 radical (unpaired) electrons. The normalized spacial score (nSPS) is 11.4. The second-order valence-electron chi connectivity index (χ2n) is 6.96. The summed E-state index contributed by atoms with van der Waals surface area (Å²) in [6.07, 6.45) is 1.80. The highest BCUT2D eigenvalue weighted by atomic mass is 79.9. The highest BCUT2D eigenvalue weighted by Crippen LogP contribution is 2.36. The van der Waals surface area contributed by atoms with Gasteiger partial charge < -0.3 is 4.74 Å². The van der Waals surface area contributed by atoms with Crippen molar-refractivity contribution in [3.63, 3.8) is 0 Å². The van der Waals surface area contributed by atoms with Gasteiger partial charge in [-0.1, -0.05) is 60.1 Å². The van der Waals surface area contributed by atoms with Crippen LogP contribution in [0, 0.1) is 17.1 Å². The largest absolute Gasteiger partial charge is 0.486 e. The van der Waals surface area contributed by atoms with E-state index < -0.39 is 0 Å². The van der Waals surface area contributed by atoms with Gasteiger partial charge in [0.05, 0.1) is 21.1 Å². The number of fused-ring (bicyclic) bond motifs is 1. The Morgan fingerprint density at radius 2 is 1.74 bits per heavy atom. The van der Waals surface area contributed by atoms with E-state index in [1.165, 1.54) is 12.1 Å². The number of hydrogen-bond donors (Lipinski definition) is 0. The Labute approximate surface area is 193 Å². The monoisotopic (exact) mass is 491 g/mol. The third-order valence-corrected chi connectivity index (χ3v) is 5.68. The van der Waals surface area contributed by atoms with Gasteiger partial charge in [-0.15, -0.1) is 0 Å². The molecule has 0 aliphatic carbocycles. The smallest absolute Gasteiger partial charge is 0.152 e. The molecule has 0 spiro atoms. The van der Waals surface area contributed by atoms with Crippen LogP contribution < -0.4 is 4.74 Å². The van der Waals surface area contributed by atoms with E-state index in [0.29, 0.717) is 20.8 Å². The van der Waals surface area contributed by atoms with Crippen LogP contribution in [-0.2, 0) is 6.61 Å². The number of hydrogen-bond acceptors (Lipinski definition) is 2. The van der Waals surface area contributed by atoms with Crippen LogP contribution in [0.25, 0.3) is 22.4 Å². The topological polar surface area (TPSA) is 33.0 Å². The van der Waals surface area contributed by atoms with Gasteiger partial charge in [0, 0.05) is 0 Å². The van der Waals surface area contributed by atoms with Gasteiger partial charge in [0.15, 0.2) is 5.75 Å². The summed E-state index contributed by atoms with van der Waals surface area (Å²) >= 11 is 9.95. The van der Waals surface area contributed by atoms with Gasteiger partial charge in [-0.05, 0) is 79.8 Å². The Bertz CT molecular complexity index is 1300. The van der Waals surface area contributed by atoms with E-state index >= 15 is 0 Å². The Morgan fingerprint density at radius 1 is 1.00 bits per heavy atom. The third-order valence-electron chi connectivity index (χ3n) is 4.81. The molecule has 4 aromatic rings. The Balaban J connectivity index is 1.60. The molecule has 0 heterocycles. The highest BCUT2D eigenvalue weighted by Gasteiger charge is 2.11. The lowest BCUT2D eigenvalue weighted by Crippen LogP contribution is -1.97. The zero-order valence-electron chi connectivity index (χ0n) is 16.3. The van der Waals surface area contributed by atoms with E-state index in [4.69, 9.17) is 16.3 Å². The number of nitrogens with zero attached hydrogens (tertiary/aromatic N) is 1. The summed E-state index contributed by atoms with van der Waals surface area (Å²) in [5.74, 6) is 0.200. The van der Waals surface area contributed by atoms with Gasteiger partial charge in [0.1, 0.15) is 12.4 Å². The second-order valence-corrected chi connectivity index (χ2v) is 8.22. The van der Waals surface area contributed by atoms with Crippen LogP contribution in [0.15, 0.2) is 83.3 Å². The molecule has 0 aliphatic heterocycles. The van der Waals surface area contributed by atoms with E-state index in [-0.39, 0.29) is 12.4 Å². The first-order valence-corrected chi connectivity index (χ1v) is 10.7. The summed E-state index contributed by atoms with van der Waals surface area (Å²) in [6.45, 7) is 0.258. The Kier molecular flexibility index (Phi) is 6.36. The van der Waals surface area contributed by atoms with Crippen molar-refractivity contribution in [2.45, 2.75) is 6.61 Å². The average Bonchev–Trinajstić information content (AvgIpc) is 2.78. The summed E-state index contributed by atoms with van der Waals surface area (Å²) in [5.41, 5.74) is 2.98. The number of nitriles is 1. The summed E-state index contributed by atoms with van der Waals surface area (Å²) < 4.78 is 19.6. The third kappa shape index (κ3) is 4.96. The first-order valence-electron chi connectivity index (χ1n) is 9.51. The zero-order chi connectivity index (χ0) is 21.8. The fraction of sp³-hybridized carbons (Fsp3) is 0.0385. The minimum Gasteiger partial charge on any atom is -0.486 e. The predicted octanol–water partition coefficient (Wildman–Crippen LogP) is 8.04. The van der Waals surface area contributed by atoms with Crippen LogP contribution in [0.2, 0.25) is 5.02 Å².